The van der Waals surface area contributed by atoms with Gasteiger partial charge in [-0.2, -0.15) is 31.0 Å². The van der Waals surface area contributed by atoms with Gasteiger partial charge in [0.25, 0.3) is 5.91 Å². The van der Waals surface area contributed by atoms with E-state index in [1.54, 1.807) is 13.8 Å². The van der Waals surface area contributed by atoms with E-state index in [9.17, 15) is 41.0 Å². The molecular formula is C27H25ClF6N8O4. The van der Waals surface area contributed by atoms with Crippen molar-refractivity contribution in [2.75, 3.05) is 19.7 Å². The fourth-order valence-corrected chi connectivity index (χ4v) is 4.88. The van der Waals surface area contributed by atoms with E-state index >= 15 is 0 Å². The molecule has 3 aromatic heterocycles. The highest BCUT2D eigenvalue weighted by molar-refractivity contribution is 6.30. The normalized spacial score (nSPS) is 16.1. The summed E-state index contributed by atoms with van der Waals surface area (Å²) in [5.41, 5.74) is -2.96. The summed E-state index contributed by atoms with van der Waals surface area (Å²) in [6.07, 6.45) is -11.8. The number of hydrogen-bond donors (Lipinski definition) is 1. The Labute approximate surface area is 260 Å². The quantitative estimate of drug-likeness (QED) is 0.294. The molecule has 0 aliphatic carbocycles. The number of benzene rings is 1. The number of halogens is 7. The second kappa shape index (κ2) is 12.1. The molecule has 0 saturated carbocycles. The Morgan fingerprint density at radius 2 is 1.80 bits per heavy atom. The third-order valence-corrected chi connectivity index (χ3v) is 7.15. The SMILES string of the molecule is CC1(C)CN(C(=O)c2nc(Cn3nc(-c4ccc(Cl)cc4)n(CC(O)C(F)(F)F)c3=O)nn2-c2ncccc2C(F)(F)F)CCO1. The van der Waals surface area contributed by atoms with Crippen LogP contribution in [0.5, 0.6) is 0 Å². The third kappa shape index (κ3) is 6.92. The van der Waals surface area contributed by atoms with E-state index < -0.39 is 65.9 Å². The molecule has 1 unspecified atom stereocenters. The van der Waals surface area contributed by atoms with Crippen LogP contribution in [0.1, 0.15) is 35.9 Å². The number of aliphatic hydroxyl groups is 1. The summed E-state index contributed by atoms with van der Waals surface area (Å²) in [4.78, 5) is 36.3. The lowest BCUT2D eigenvalue weighted by molar-refractivity contribution is -0.207. The predicted molar refractivity (Wildman–Crippen MR) is 148 cm³/mol. The van der Waals surface area contributed by atoms with E-state index in [1.165, 1.54) is 29.2 Å². The molecule has 1 amide bonds. The molecule has 5 rings (SSSR count). The lowest BCUT2D eigenvalue weighted by Gasteiger charge is -2.37. The first-order valence-electron chi connectivity index (χ1n) is 13.5. The molecule has 0 radical (unpaired) electrons. The van der Waals surface area contributed by atoms with Gasteiger partial charge in [-0.05, 0) is 50.2 Å². The summed E-state index contributed by atoms with van der Waals surface area (Å²) in [6.45, 7) is 1.85. The molecule has 1 aliphatic rings. The number of hydrogen-bond acceptors (Lipinski definition) is 8. The zero-order valence-corrected chi connectivity index (χ0v) is 24.8. The average molecular weight is 675 g/mol. The number of amides is 1. The van der Waals surface area contributed by atoms with E-state index in [4.69, 9.17) is 16.3 Å². The Bertz CT molecular complexity index is 1800. The number of pyridine rings is 1. The van der Waals surface area contributed by atoms with Gasteiger partial charge in [0.15, 0.2) is 23.6 Å². The smallest absolute Gasteiger partial charge is 0.382 e. The van der Waals surface area contributed by atoms with Gasteiger partial charge in [-0.15, -0.1) is 10.2 Å². The Morgan fingerprint density at radius 1 is 1.11 bits per heavy atom. The van der Waals surface area contributed by atoms with Crippen LogP contribution in [0.3, 0.4) is 0 Å². The van der Waals surface area contributed by atoms with Gasteiger partial charge in [-0.1, -0.05) is 11.6 Å². The van der Waals surface area contributed by atoms with Crippen LogP contribution in [-0.2, 0) is 24.0 Å². The van der Waals surface area contributed by atoms with Crippen LogP contribution in [-0.4, -0.2) is 87.6 Å². The van der Waals surface area contributed by atoms with Gasteiger partial charge >= 0.3 is 18.0 Å². The summed E-state index contributed by atoms with van der Waals surface area (Å²) in [6, 6.07) is 7.38. The molecule has 1 aliphatic heterocycles. The van der Waals surface area contributed by atoms with Gasteiger partial charge in [-0.25, -0.2) is 19.4 Å². The minimum Gasteiger partial charge on any atom is -0.382 e. The van der Waals surface area contributed by atoms with Crippen LogP contribution >= 0.6 is 11.6 Å². The number of ether oxygens (including phenoxy) is 1. The molecule has 1 atom stereocenters. The number of carbonyl (C=O) groups is 1. The highest BCUT2D eigenvalue weighted by Gasteiger charge is 2.40. The number of nitrogens with zero attached hydrogens (tertiary/aromatic N) is 8. The van der Waals surface area contributed by atoms with E-state index in [-0.39, 0.29) is 41.9 Å². The maximum atomic E-state index is 14.0. The van der Waals surface area contributed by atoms with E-state index in [2.05, 4.69) is 20.2 Å². The van der Waals surface area contributed by atoms with Crippen molar-refractivity contribution in [3.8, 4) is 17.2 Å². The van der Waals surface area contributed by atoms with Crippen LogP contribution in [0.2, 0.25) is 5.02 Å². The fraction of sp³-hybridized carbons (Fsp3) is 0.407. The molecule has 1 N–H and O–H groups in total. The van der Waals surface area contributed by atoms with Gasteiger partial charge in [-0.3, -0.25) is 9.36 Å². The van der Waals surface area contributed by atoms with Crippen molar-refractivity contribution in [3.05, 3.63) is 75.3 Å². The van der Waals surface area contributed by atoms with Crippen LogP contribution in [0.4, 0.5) is 26.3 Å². The summed E-state index contributed by atoms with van der Waals surface area (Å²) in [5.74, 6) is -2.78. The molecule has 46 heavy (non-hydrogen) atoms. The van der Waals surface area contributed by atoms with Crippen molar-refractivity contribution in [1.29, 1.82) is 0 Å². The number of carbonyl (C=O) groups excluding carboxylic acids is 1. The maximum absolute atomic E-state index is 14.0. The lowest BCUT2D eigenvalue weighted by Crippen LogP contribution is -2.51. The lowest BCUT2D eigenvalue weighted by atomic mass is 10.1. The van der Waals surface area contributed by atoms with Gasteiger partial charge in [0.2, 0.25) is 5.82 Å². The van der Waals surface area contributed by atoms with Gasteiger partial charge in [0.05, 0.1) is 18.8 Å². The Hall–Kier alpha value is -4.29. The topological polar surface area (TPSA) is 133 Å². The second-order valence-corrected chi connectivity index (χ2v) is 11.3. The first kappa shape index (κ1) is 33.1. The minimum atomic E-state index is -5.07. The number of aliphatic hydroxyl groups excluding tert-OH is 1. The zero-order valence-electron chi connectivity index (χ0n) is 24.0. The Kier molecular flexibility index (Phi) is 8.73. The predicted octanol–water partition coefficient (Wildman–Crippen LogP) is 3.58. The van der Waals surface area contributed by atoms with Crippen molar-refractivity contribution in [1.82, 2.24) is 39.0 Å². The largest absolute Gasteiger partial charge is 0.420 e. The van der Waals surface area contributed by atoms with Crippen LogP contribution in [0.25, 0.3) is 17.2 Å². The Balaban J connectivity index is 1.61. The molecule has 246 valence electrons. The van der Waals surface area contributed by atoms with Gasteiger partial charge < -0.3 is 14.7 Å². The third-order valence-electron chi connectivity index (χ3n) is 6.90. The van der Waals surface area contributed by atoms with Crippen LogP contribution in [0, 0.1) is 0 Å². The summed E-state index contributed by atoms with van der Waals surface area (Å²) in [5, 5.41) is 18.2. The molecular weight excluding hydrogens is 650 g/mol. The van der Waals surface area contributed by atoms with Crippen molar-refractivity contribution < 1.29 is 41.0 Å². The van der Waals surface area contributed by atoms with Crippen LogP contribution < -0.4 is 5.69 Å². The molecule has 1 saturated heterocycles. The molecule has 1 aromatic carbocycles. The second-order valence-electron chi connectivity index (χ2n) is 10.9. The summed E-state index contributed by atoms with van der Waals surface area (Å²) in [7, 11) is 0. The summed E-state index contributed by atoms with van der Waals surface area (Å²) < 4.78 is 89.1. The highest BCUT2D eigenvalue weighted by atomic mass is 35.5. The van der Waals surface area contributed by atoms with Crippen molar-refractivity contribution in [2.45, 2.75) is 51.0 Å². The van der Waals surface area contributed by atoms with Gasteiger partial charge in [0, 0.05) is 29.9 Å². The van der Waals surface area contributed by atoms with Gasteiger partial charge in [0.1, 0.15) is 12.1 Å². The van der Waals surface area contributed by atoms with E-state index in [0.29, 0.717) is 13.9 Å². The van der Waals surface area contributed by atoms with E-state index in [0.717, 1.165) is 18.3 Å². The monoisotopic (exact) mass is 674 g/mol. The number of morpholine rings is 1. The van der Waals surface area contributed by atoms with Crippen molar-refractivity contribution in [3.63, 3.8) is 0 Å². The van der Waals surface area contributed by atoms with Crippen molar-refractivity contribution >= 4 is 17.5 Å². The Morgan fingerprint density at radius 3 is 2.43 bits per heavy atom. The number of aromatic nitrogens is 7. The summed E-state index contributed by atoms with van der Waals surface area (Å²) >= 11 is 5.92. The van der Waals surface area contributed by atoms with Crippen molar-refractivity contribution in [2.24, 2.45) is 0 Å². The number of rotatable bonds is 7. The van der Waals surface area contributed by atoms with Crippen LogP contribution in [0.15, 0.2) is 47.4 Å². The molecule has 12 nitrogen and oxygen atoms in total. The molecule has 1 fully saturated rings. The fourth-order valence-electron chi connectivity index (χ4n) is 4.76. The number of alkyl halides is 6. The molecule has 0 bridgehead atoms. The molecule has 4 aromatic rings. The first-order valence-corrected chi connectivity index (χ1v) is 13.9. The minimum absolute atomic E-state index is 0.0677. The molecule has 0 spiro atoms. The highest BCUT2D eigenvalue weighted by Crippen LogP contribution is 2.33. The standard InChI is InChI=1S/C27H25ClF6N8O4/c1-25(2)14-39(10-11-46-25)23(44)22-36-19(37-42(22)21-17(26(29,30)31)4-3-9-35-21)13-41-24(45)40(12-18(43)27(32,33)34)20(38-41)15-5-7-16(28)8-6-15/h3-9,18,43H,10-14H2,1-2H3. The first-order chi connectivity index (χ1) is 21.4. The molecule has 19 heteroatoms. The van der Waals surface area contributed by atoms with E-state index in [1.807, 2.05) is 0 Å². The average Bonchev–Trinajstić information content (AvgIpc) is 3.53. The zero-order chi connectivity index (χ0) is 33.6. The molecule has 4 heterocycles. The maximum Gasteiger partial charge on any atom is 0.420 e.